The zero-order valence-corrected chi connectivity index (χ0v) is 16.1. The van der Waals surface area contributed by atoms with Crippen LogP contribution in [-0.2, 0) is 20.0 Å². The van der Waals surface area contributed by atoms with Crippen LogP contribution in [-0.4, -0.2) is 21.4 Å². The molecule has 0 aliphatic heterocycles. The van der Waals surface area contributed by atoms with Gasteiger partial charge in [0, 0.05) is 23.2 Å². The lowest BCUT2D eigenvalue weighted by atomic mass is 9.83. The number of rotatable bonds is 6. The van der Waals surface area contributed by atoms with Crippen LogP contribution in [0.15, 0.2) is 64.9 Å². The number of sulfone groups is 1. The van der Waals surface area contributed by atoms with Gasteiger partial charge in [0.05, 0.1) is 23.5 Å². The third-order valence-electron chi connectivity index (χ3n) is 4.10. The molecule has 1 N–H and O–H groups in total. The lowest BCUT2D eigenvalue weighted by Crippen LogP contribution is -2.34. The first kappa shape index (κ1) is 20.2. The Morgan fingerprint density at radius 3 is 2.56 bits per heavy atom. The minimum atomic E-state index is -3.75. The molecular formula is C20H20N2O4S. The summed E-state index contributed by atoms with van der Waals surface area (Å²) in [5, 5.41) is 12.2. The number of nitriles is 1. The second-order valence-electron chi connectivity index (χ2n) is 6.32. The summed E-state index contributed by atoms with van der Waals surface area (Å²) in [5.74, 6) is 0.320. The Kier molecular flexibility index (Phi) is 6.03. The van der Waals surface area contributed by atoms with Gasteiger partial charge >= 0.3 is 0 Å². The number of hydrogen-bond acceptors (Lipinski definition) is 5. The van der Waals surface area contributed by atoms with Crippen molar-refractivity contribution in [3.8, 4) is 11.8 Å². The third kappa shape index (κ3) is 4.74. The Morgan fingerprint density at radius 2 is 1.89 bits per heavy atom. The fourth-order valence-corrected chi connectivity index (χ4v) is 3.34. The number of allylic oxidation sites excluding steroid dienone is 1. The van der Waals surface area contributed by atoms with Gasteiger partial charge in [-0.3, -0.25) is 4.79 Å². The molecule has 1 amide bonds. The van der Waals surface area contributed by atoms with Gasteiger partial charge < -0.3 is 10.1 Å². The molecule has 2 aromatic rings. The molecule has 0 aliphatic carbocycles. The van der Waals surface area contributed by atoms with Crippen LogP contribution in [0, 0.1) is 11.3 Å². The average molecular weight is 384 g/mol. The Hall–Kier alpha value is -3.11. The van der Waals surface area contributed by atoms with Crippen molar-refractivity contribution in [1.29, 1.82) is 5.26 Å². The van der Waals surface area contributed by atoms with E-state index < -0.39 is 15.3 Å². The first-order valence-electron chi connectivity index (χ1n) is 8.08. The van der Waals surface area contributed by atoms with E-state index in [2.05, 4.69) is 5.32 Å². The van der Waals surface area contributed by atoms with Crippen LogP contribution in [0.25, 0.3) is 0 Å². The molecule has 0 saturated carbocycles. The lowest BCUT2D eigenvalue weighted by Gasteiger charge is -2.24. The largest absolute Gasteiger partial charge is 0.497 e. The van der Waals surface area contributed by atoms with Gasteiger partial charge in [-0.05, 0) is 43.7 Å². The minimum absolute atomic E-state index is 0.0220. The van der Waals surface area contributed by atoms with Gasteiger partial charge in [-0.2, -0.15) is 5.26 Å². The van der Waals surface area contributed by atoms with Crippen molar-refractivity contribution in [2.24, 2.45) is 0 Å². The van der Waals surface area contributed by atoms with Crippen molar-refractivity contribution in [2.45, 2.75) is 24.2 Å². The lowest BCUT2D eigenvalue weighted by molar-refractivity contribution is -0.120. The summed E-state index contributed by atoms with van der Waals surface area (Å²) in [6.07, 6.45) is 0.905. The van der Waals surface area contributed by atoms with E-state index in [-0.39, 0.29) is 10.8 Å². The van der Waals surface area contributed by atoms with Crippen molar-refractivity contribution < 1.29 is 17.9 Å². The van der Waals surface area contributed by atoms with Gasteiger partial charge in [-0.25, -0.2) is 8.42 Å². The summed E-state index contributed by atoms with van der Waals surface area (Å²) in [6.45, 7) is 3.42. The molecule has 2 rings (SSSR count). The summed E-state index contributed by atoms with van der Waals surface area (Å²) in [5.41, 5.74) is 0.121. The second kappa shape index (κ2) is 8.06. The van der Waals surface area contributed by atoms with Crippen molar-refractivity contribution >= 4 is 21.4 Å². The van der Waals surface area contributed by atoms with E-state index >= 15 is 0 Å². The first-order chi connectivity index (χ1) is 12.7. The van der Waals surface area contributed by atoms with Crippen LogP contribution in [0.5, 0.6) is 5.75 Å². The first-order valence-corrected chi connectivity index (χ1v) is 9.62. The van der Waals surface area contributed by atoms with Gasteiger partial charge in [0.15, 0.2) is 0 Å². The standard InChI is InChI=1S/C20H20N2O4S/c1-20(2,19(23)22-16-8-5-9-17(14-16)26-3)15-7-4-10-18(13-15)27(24,25)12-6-11-21/h4-10,12-14H,1-3H3,(H,22,23)/b12-6+. The van der Waals surface area contributed by atoms with E-state index in [1.165, 1.54) is 19.2 Å². The number of ether oxygens (including phenoxy) is 1. The molecular weight excluding hydrogens is 364 g/mol. The SMILES string of the molecule is COc1cccc(NC(=O)C(C)(C)c2cccc(S(=O)(=O)/C=C/C#N)c2)c1. The molecule has 7 heteroatoms. The van der Waals surface area contributed by atoms with Gasteiger partial charge in [0.25, 0.3) is 0 Å². The van der Waals surface area contributed by atoms with Crippen LogP contribution in [0.1, 0.15) is 19.4 Å². The second-order valence-corrected chi connectivity index (χ2v) is 8.15. The highest BCUT2D eigenvalue weighted by Gasteiger charge is 2.31. The van der Waals surface area contributed by atoms with E-state index in [4.69, 9.17) is 10.00 Å². The highest BCUT2D eigenvalue weighted by molar-refractivity contribution is 7.94. The van der Waals surface area contributed by atoms with Crippen LogP contribution >= 0.6 is 0 Å². The number of nitrogens with zero attached hydrogens (tertiary/aromatic N) is 1. The maximum Gasteiger partial charge on any atom is 0.234 e. The molecule has 0 aliphatic rings. The molecule has 2 aromatic carbocycles. The smallest absolute Gasteiger partial charge is 0.234 e. The van der Waals surface area contributed by atoms with Crippen molar-refractivity contribution in [1.82, 2.24) is 0 Å². The Balaban J connectivity index is 2.33. The molecule has 140 valence electrons. The van der Waals surface area contributed by atoms with Crippen LogP contribution in [0.3, 0.4) is 0 Å². The highest BCUT2D eigenvalue weighted by atomic mass is 32.2. The van der Waals surface area contributed by atoms with E-state index in [1.807, 2.05) is 0 Å². The maximum atomic E-state index is 12.8. The highest BCUT2D eigenvalue weighted by Crippen LogP contribution is 2.28. The molecule has 0 fully saturated rings. The zero-order valence-electron chi connectivity index (χ0n) is 15.3. The normalized spacial score (nSPS) is 11.8. The number of carbonyl (C=O) groups excluding carboxylic acids is 1. The zero-order chi connectivity index (χ0) is 20.1. The summed E-state index contributed by atoms with van der Waals surface area (Å²) < 4.78 is 29.6. The van der Waals surface area contributed by atoms with Gasteiger partial charge in [0.1, 0.15) is 5.75 Å². The summed E-state index contributed by atoms with van der Waals surface area (Å²) in [7, 11) is -2.21. The minimum Gasteiger partial charge on any atom is -0.497 e. The molecule has 0 heterocycles. The number of benzene rings is 2. The fourth-order valence-electron chi connectivity index (χ4n) is 2.38. The van der Waals surface area contributed by atoms with Gasteiger partial charge in [-0.15, -0.1) is 0 Å². The van der Waals surface area contributed by atoms with Crippen LogP contribution < -0.4 is 10.1 Å². The van der Waals surface area contributed by atoms with Crippen molar-refractivity contribution in [2.75, 3.05) is 12.4 Å². The third-order valence-corrected chi connectivity index (χ3v) is 5.51. The summed E-state index contributed by atoms with van der Waals surface area (Å²) in [6, 6.07) is 14.8. The van der Waals surface area contributed by atoms with Crippen LogP contribution in [0.2, 0.25) is 0 Å². The monoisotopic (exact) mass is 384 g/mol. The Morgan fingerprint density at radius 1 is 1.19 bits per heavy atom. The predicted octanol–water partition coefficient (Wildman–Crippen LogP) is 3.42. The van der Waals surface area contributed by atoms with E-state index in [0.717, 1.165) is 11.5 Å². The molecule has 6 nitrogen and oxygen atoms in total. The number of hydrogen-bond donors (Lipinski definition) is 1. The number of amides is 1. The molecule has 0 saturated heterocycles. The number of anilines is 1. The van der Waals surface area contributed by atoms with Gasteiger partial charge in [-0.1, -0.05) is 18.2 Å². The molecule has 0 aromatic heterocycles. The maximum absolute atomic E-state index is 12.8. The van der Waals surface area contributed by atoms with E-state index in [1.54, 1.807) is 56.3 Å². The molecule has 0 atom stereocenters. The predicted molar refractivity (Wildman–Crippen MR) is 103 cm³/mol. The van der Waals surface area contributed by atoms with Gasteiger partial charge in [0.2, 0.25) is 15.7 Å². The van der Waals surface area contributed by atoms with Crippen LogP contribution in [0.4, 0.5) is 5.69 Å². The number of carbonyl (C=O) groups is 1. The molecule has 0 spiro atoms. The molecule has 27 heavy (non-hydrogen) atoms. The fraction of sp³-hybridized carbons (Fsp3) is 0.200. The summed E-state index contributed by atoms with van der Waals surface area (Å²) in [4.78, 5) is 12.8. The van der Waals surface area contributed by atoms with Crippen molar-refractivity contribution in [3.05, 3.63) is 65.6 Å². The van der Waals surface area contributed by atoms with E-state index in [9.17, 15) is 13.2 Å². The number of nitrogens with one attached hydrogen (secondary N) is 1. The summed E-state index contributed by atoms with van der Waals surface area (Å²) >= 11 is 0. The average Bonchev–Trinajstić information content (AvgIpc) is 2.66. The topological polar surface area (TPSA) is 96.3 Å². The quantitative estimate of drug-likeness (QED) is 0.770. The van der Waals surface area contributed by atoms with Crippen molar-refractivity contribution in [3.63, 3.8) is 0 Å². The molecule has 0 unspecified atom stereocenters. The number of methoxy groups -OCH3 is 1. The molecule has 0 bridgehead atoms. The molecule has 0 radical (unpaired) electrons. The van der Waals surface area contributed by atoms with E-state index in [0.29, 0.717) is 17.0 Å². The Bertz CT molecular complexity index is 1020. The Labute approximate surface area is 159 Å².